The number of nitrogens with one attached hydrogen (secondary N) is 1. The largest absolute Gasteiger partial charge is 0.418 e. The van der Waals surface area contributed by atoms with Gasteiger partial charge in [-0.15, -0.1) is 0 Å². The maximum Gasteiger partial charge on any atom is 0.418 e. The van der Waals surface area contributed by atoms with Crippen molar-refractivity contribution < 1.29 is 26.4 Å². The van der Waals surface area contributed by atoms with Gasteiger partial charge in [-0.2, -0.15) is 17.5 Å². The lowest BCUT2D eigenvalue weighted by Crippen LogP contribution is -2.53. The third-order valence-corrected chi connectivity index (χ3v) is 7.79. The Hall–Kier alpha value is -2.43. The topological polar surface area (TPSA) is 69.7 Å². The summed E-state index contributed by atoms with van der Waals surface area (Å²) in [5, 5.41) is 2.36. The lowest BCUT2D eigenvalue weighted by molar-refractivity contribution is -0.137. The molecule has 0 radical (unpaired) electrons. The quantitative estimate of drug-likeness (QED) is 0.670. The summed E-state index contributed by atoms with van der Waals surface area (Å²) in [5.74, 6) is -0.284. The summed E-state index contributed by atoms with van der Waals surface area (Å²) < 4.78 is 66.9. The van der Waals surface area contributed by atoms with Crippen molar-refractivity contribution in [1.82, 2.24) is 9.21 Å². The molecular weight excluding hydrogens is 455 g/mol. The molecule has 3 rings (SSSR count). The van der Waals surface area contributed by atoms with Crippen molar-refractivity contribution in [3.63, 3.8) is 0 Å². The predicted octanol–water partition coefficient (Wildman–Crippen LogP) is 4.16. The number of halogens is 3. The molecule has 0 aromatic heterocycles. The van der Waals surface area contributed by atoms with Gasteiger partial charge < -0.3 is 5.32 Å². The SMILES string of the molecule is CC(C)c1ccc(S(=O)(=O)N2CCN(C(C)C(=O)Nc3ccccc3C(F)(F)F)CC2)cc1. The molecule has 33 heavy (non-hydrogen) atoms. The van der Waals surface area contributed by atoms with E-state index in [0.717, 1.165) is 11.6 Å². The number of hydrogen-bond acceptors (Lipinski definition) is 4. The molecule has 1 saturated heterocycles. The van der Waals surface area contributed by atoms with Crippen molar-refractivity contribution in [2.45, 2.75) is 43.8 Å². The molecule has 180 valence electrons. The zero-order valence-electron chi connectivity index (χ0n) is 18.8. The van der Waals surface area contributed by atoms with Gasteiger partial charge in [0.25, 0.3) is 0 Å². The van der Waals surface area contributed by atoms with Crippen LogP contribution in [0, 0.1) is 0 Å². The van der Waals surface area contributed by atoms with E-state index in [1.807, 2.05) is 13.8 Å². The van der Waals surface area contributed by atoms with Crippen LogP contribution in [-0.2, 0) is 21.0 Å². The molecule has 1 heterocycles. The van der Waals surface area contributed by atoms with Crippen molar-refractivity contribution >= 4 is 21.6 Å². The molecule has 1 amide bonds. The Balaban J connectivity index is 1.63. The van der Waals surface area contributed by atoms with E-state index >= 15 is 0 Å². The van der Waals surface area contributed by atoms with Crippen LogP contribution in [0.4, 0.5) is 18.9 Å². The standard InChI is InChI=1S/C23H28F3N3O3S/c1-16(2)18-8-10-19(11-9-18)33(31,32)29-14-12-28(13-15-29)17(3)22(30)27-21-7-5-4-6-20(21)23(24,25)26/h4-11,16-17H,12-15H2,1-3H3,(H,27,30). The van der Waals surface area contributed by atoms with E-state index in [9.17, 15) is 26.4 Å². The Kier molecular flexibility index (Phi) is 7.50. The van der Waals surface area contributed by atoms with Gasteiger partial charge >= 0.3 is 6.18 Å². The van der Waals surface area contributed by atoms with Gasteiger partial charge in [-0.1, -0.05) is 38.1 Å². The molecule has 1 fully saturated rings. The van der Waals surface area contributed by atoms with Crippen LogP contribution in [0.1, 0.15) is 37.8 Å². The minimum atomic E-state index is -4.58. The zero-order chi connectivity index (χ0) is 24.4. The number of nitrogens with zero attached hydrogens (tertiary/aromatic N) is 2. The molecule has 0 saturated carbocycles. The highest BCUT2D eigenvalue weighted by molar-refractivity contribution is 7.89. The average Bonchev–Trinajstić information content (AvgIpc) is 2.78. The number of piperazine rings is 1. The van der Waals surface area contributed by atoms with Gasteiger partial charge in [-0.3, -0.25) is 9.69 Å². The summed E-state index contributed by atoms with van der Waals surface area (Å²) in [6, 6.07) is 10.9. The van der Waals surface area contributed by atoms with Gasteiger partial charge in [0.2, 0.25) is 15.9 Å². The predicted molar refractivity (Wildman–Crippen MR) is 120 cm³/mol. The van der Waals surface area contributed by atoms with Gasteiger partial charge in [-0.25, -0.2) is 8.42 Å². The average molecular weight is 484 g/mol. The number of carbonyl (C=O) groups excluding carboxylic acids is 1. The molecule has 1 N–H and O–H groups in total. The summed E-state index contributed by atoms with van der Waals surface area (Å²) in [5.41, 5.74) is -0.163. The first-order valence-electron chi connectivity index (χ1n) is 10.7. The summed E-state index contributed by atoms with van der Waals surface area (Å²) in [4.78, 5) is 14.6. The van der Waals surface area contributed by atoms with Crippen LogP contribution >= 0.6 is 0 Å². The van der Waals surface area contributed by atoms with Gasteiger partial charge in [0, 0.05) is 26.2 Å². The maximum atomic E-state index is 13.2. The van der Waals surface area contributed by atoms with Crippen LogP contribution in [0.5, 0.6) is 0 Å². The van der Waals surface area contributed by atoms with Crippen LogP contribution < -0.4 is 5.32 Å². The molecule has 2 aromatic rings. The summed E-state index contributed by atoms with van der Waals surface area (Å²) in [7, 11) is -3.66. The van der Waals surface area contributed by atoms with Gasteiger partial charge in [-0.05, 0) is 42.7 Å². The van der Waals surface area contributed by atoms with Crippen LogP contribution in [0.2, 0.25) is 0 Å². The van der Waals surface area contributed by atoms with Crippen LogP contribution in [0.3, 0.4) is 0 Å². The minimum absolute atomic E-state index is 0.186. The molecular formula is C23H28F3N3O3S. The normalized spacial score (nSPS) is 17.2. The Labute approximate surface area is 192 Å². The fraction of sp³-hybridized carbons (Fsp3) is 0.435. The van der Waals surface area contributed by atoms with E-state index in [1.54, 1.807) is 36.1 Å². The Bertz CT molecular complexity index is 1080. The van der Waals surface area contributed by atoms with Crippen molar-refractivity contribution in [3.05, 3.63) is 59.7 Å². The number of alkyl halides is 3. The number of carbonyl (C=O) groups is 1. The fourth-order valence-electron chi connectivity index (χ4n) is 3.75. The highest BCUT2D eigenvalue weighted by Crippen LogP contribution is 2.34. The highest BCUT2D eigenvalue weighted by Gasteiger charge is 2.35. The van der Waals surface area contributed by atoms with Crippen LogP contribution in [0.25, 0.3) is 0 Å². The molecule has 1 aliphatic rings. The summed E-state index contributed by atoms with van der Waals surface area (Å²) >= 11 is 0. The first-order valence-corrected chi connectivity index (χ1v) is 12.2. The molecule has 1 atom stereocenters. The first-order chi connectivity index (χ1) is 15.4. The Morgan fingerprint density at radius 2 is 1.52 bits per heavy atom. The Morgan fingerprint density at radius 3 is 2.06 bits per heavy atom. The van der Waals surface area contributed by atoms with E-state index < -0.39 is 33.7 Å². The summed E-state index contributed by atoms with van der Waals surface area (Å²) in [6.45, 7) is 6.61. The van der Waals surface area contributed by atoms with Crippen LogP contribution in [-0.4, -0.2) is 55.8 Å². The number of anilines is 1. The highest BCUT2D eigenvalue weighted by atomic mass is 32.2. The zero-order valence-corrected chi connectivity index (χ0v) is 19.6. The smallest absolute Gasteiger partial charge is 0.324 e. The molecule has 10 heteroatoms. The van der Waals surface area contributed by atoms with Crippen LogP contribution in [0.15, 0.2) is 53.4 Å². The molecule has 0 bridgehead atoms. The monoisotopic (exact) mass is 483 g/mol. The number of rotatable bonds is 6. The second kappa shape index (κ2) is 9.82. The lowest BCUT2D eigenvalue weighted by atomic mass is 10.0. The fourth-order valence-corrected chi connectivity index (χ4v) is 5.17. The summed E-state index contributed by atoms with van der Waals surface area (Å²) in [6.07, 6.45) is -4.58. The number of para-hydroxylation sites is 1. The third kappa shape index (κ3) is 5.74. The van der Waals surface area contributed by atoms with Gasteiger partial charge in [0.15, 0.2) is 0 Å². The maximum absolute atomic E-state index is 13.2. The van der Waals surface area contributed by atoms with Crippen molar-refractivity contribution in [2.24, 2.45) is 0 Å². The molecule has 6 nitrogen and oxygen atoms in total. The van der Waals surface area contributed by atoms with E-state index in [-0.39, 0.29) is 23.7 Å². The molecule has 1 unspecified atom stereocenters. The second-order valence-electron chi connectivity index (χ2n) is 8.37. The molecule has 1 aliphatic heterocycles. The Morgan fingerprint density at radius 1 is 0.939 bits per heavy atom. The number of sulfonamides is 1. The third-order valence-electron chi connectivity index (χ3n) is 5.88. The van der Waals surface area contributed by atoms with Crippen molar-refractivity contribution in [1.29, 1.82) is 0 Å². The van der Waals surface area contributed by atoms with Crippen molar-refractivity contribution in [3.8, 4) is 0 Å². The number of amides is 1. The molecule has 0 spiro atoms. The van der Waals surface area contributed by atoms with E-state index in [1.165, 1.54) is 22.5 Å². The lowest BCUT2D eigenvalue weighted by Gasteiger charge is -2.36. The number of benzene rings is 2. The van der Waals surface area contributed by atoms with E-state index in [2.05, 4.69) is 5.32 Å². The van der Waals surface area contributed by atoms with Gasteiger partial charge in [0.05, 0.1) is 22.2 Å². The van der Waals surface area contributed by atoms with Crippen molar-refractivity contribution in [2.75, 3.05) is 31.5 Å². The number of hydrogen-bond donors (Lipinski definition) is 1. The molecule has 2 aromatic carbocycles. The molecule has 0 aliphatic carbocycles. The van der Waals surface area contributed by atoms with E-state index in [0.29, 0.717) is 19.0 Å². The first kappa shape index (κ1) is 25.2. The minimum Gasteiger partial charge on any atom is -0.324 e. The van der Waals surface area contributed by atoms with E-state index in [4.69, 9.17) is 0 Å². The van der Waals surface area contributed by atoms with Gasteiger partial charge in [0.1, 0.15) is 0 Å². The second-order valence-corrected chi connectivity index (χ2v) is 10.3.